The minimum absolute atomic E-state index is 0.0650. The zero-order valence-electron chi connectivity index (χ0n) is 20.8. The van der Waals surface area contributed by atoms with Crippen molar-refractivity contribution in [3.8, 4) is 5.75 Å². The first-order valence-electron chi connectivity index (χ1n) is 11.8. The Morgan fingerprint density at radius 3 is 2.29 bits per heavy atom. The number of aryl methyl sites for hydroxylation is 2. The summed E-state index contributed by atoms with van der Waals surface area (Å²) in [5, 5.41) is 3.52. The van der Waals surface area contributed by atoms with Crippen LogP contribution < -0.4 is 10.1 Å². The van der Waals surface area contributed by atoms with E-state index < -0.39 is 6.04 Å². The summed E-state index contributed by atoms with van der Waals surface area (Å²) in [5.41, 5.74) is 3.96. The van der Waals surface area contributed by atoms with Gasteiger partial charge in [-0.1, -0.05) is 66.2 Å². The van der Waals surface area contributed by atoms with Gasteiger partial charge in [0.2, 0.25) is 5.91 Å². The van der Waals surface area contributed by atoms with Gasteiger partial charge in [-0.15, -0.1) is 0 Å². The Morgan fingerprint density at radius 2 is 1.63 bits per heavy atom. The maximum absolute atomic E-state index is 13.6. The van der Waals surface area contributed by atoms with E-state index in [1.165, 1.54) is 0 Å². The Balaban J connectivity index is 1.92. The molecular weight excluding hydrogens is 460 g/mol. The fourth-order valence-electron chi connectivity index (χ4n) is 3.78. The van der Waals surface area contributed by atoms with Gasteiger partial charge in [-0.2, -0.15) is 0 Å². The third-order valence-corrected chi connectivity index (χ3v) is 6.21. The van der Waals surface area contributed by atoms with Crippen molar-refractivity contribution in [2.45, 2.75) is 52.7 Å². The number of benzene rings is 3. The molecule has 0 unspecified atom stereocenters. The van der Waals surface area contributed by atoms with Crippen LogP contribution in [0.4, 0.5) is 0 Å². The van der Waals surface area contributed by atoms with E-state index >= 15 is 0 Å². The molecular formula is C29H33ClN2O3. The fraction of sp³-hybridized carbons (Fsp3) is 0.310. The molecule has 0 heterocycles. The number of rotatable bonds is 10. The summed E-state index contributed by atoms with van der Waals surface area (Å²) in [6, 6.07) is 22.0. The second-order valence-corrected chi connectivity index (χ2v) is 9.42. The van der Waals surface area contributed by atoms with Gasteiger partial charge in [-0.25, -0.2) is 0 Å². The van der Waals surface area contributed by atoms with Crippen molar-refractivity contribution in [1.29, 1.82) is 0 Å². The first-order valence-corrected chi connectivity index (χ1v) is 12.2. The first kappa shape index (κ1) is 26.3. The molecule has 3 rings (SSSR count). The van der Waals surface area contributed by atoms with Gasteiger partial charge in [-0.3, -0.25) is 9.59 Å². The average Bonchev–Trinajstić information content (AvgIpc) is 2.83. The highest BCUT2D eigenvalue weighted by Gasteiger charge is 2.31. The van der Waals surface area contributed by atoms with Crippen LogP contribution in [-0.4, -0.2) is 35.4 Å². The zero-order chi connectivity index (χ0) is 25.4. The number of carbonyl (C=O) groups excluding carboxylic acids is 2. The highest BCUT2D eigenvalue weighted by Crippen LogP contribution is 2.21. The van der Waals surface area contributed by atoms with Crippen molar-refractivity contribution in [2.75, 3.05) is 6.61 Å². The standard InChI is InChI=1S/C29H33ClN2O3/c1-20(2)31-29(34)27(17-23-10-6-5-7-11-23)32(18-24-12-8-9-13-26(24)30)28(33)19-35-25-15-14-21(3)22(4)16-25/h5-16,20,27H,17-19H2,1-4H3,(H,31,34)/t27-/m0/s1. The maximum atomic E-state index is 13.6. The zero-order valence-corrected chi connectivity index (χ0v) is 21.5. The number of nitrogens with zero attached hydrogens (tertiary/aromatic N) is 1. The summed E-state index contributed by atoms with van der Waals surface area (Å²) >= 11 is 6.44. The second-order valence-electron chi connectivity index (χ2n) is 9.02. The summed E-state index contributed by atoms with van der Waals surface area (Å²) in [7, 11) is 0. The van der Waals surface area contributed by atoms with Gasteiger partial charge in [0.15, 0.2) is 6.61 Å². The Labute approximate surface area is 213 Å². The molecule has 0 fully saturated rings. The maximum Gasteiger partial charge on any atom is 0.261 e. The molecule has 0 spiro atoms. The highest BCUT2D eigenvalue weighted by molar-refractivity contribution is 6.31. The lowest BCUT2D eigenvalue weighted by molar-refractivity contribution is -0.143. The topological polar surface area (TPSA) is 58.6 Å². The normalized spacial score (nSPS) is 11.7. The summed E-state index contributed by atoms with van der Waals surface area (Å²) in [4.78, 5) is 28.5. The molecule has 0 bridgehead atoms. The van der Waals surface area contributed by atoms with Gasteiger partial charge < -0.3 is 15.0 Å². The summed E-state index contributed by atoms with van der Waals surface area (Å²) in [6.07, 6.45) is 0.374. The lowest BCUT2D eigenvalue weighted by Gasteiger charge is -2.32. The van der Waals surface area contributed by atoms with Gasteiger partial charge in [0.05, 0.1) is 0 Å². The van der Waals surface area contributed by atoms with Crippen LogP contribution in [0.15, 0.2) is 72.8 Å². The third-order valence-electron chi connectivity index (χ3n) is 5.84. The van der Waals surface area contributed by atoms with Crippen molar-refractivity contribution in [2.24, 2.45) is 0 Å². The predicted molar refractivity (Wildman–Crippen MR) is 141 cm³/mol. The molecule has 3 aromatic carbocycles. The Kier molecular flexibility index (Phi) is 9.32. The van der Waals surface area contributed by atoms with Crippen LogP contribution in [0.2, 0.25) is 5.02 Å². The highest BCUT2D eigenvalue weighted by atomic mass is 35.5. The van der Waals surface area contributed by atoms with Gasteiger partial charge in [-0.05, 0) is 68.1 Å². The van der Waals surface area contributed by atoms with Crippen LogP contribution in [0.25, 0.3) is 0 Å². The number of amides is 2. The van der Waals surface area contributed by atoms with Crippen molar-refractivity contribution < 1.29 is 14.3 Å². The summed E-state index contributed by atoms with van der Waals surface area (Å²) in [6.45, 7) is 7.84. The summed E-state index contributed by atoms with van der Waals surface area (Å²) in [5.74, 6) is 0.115. The van der Waals surface area contributed by atoms with E-state index in [9.17, 15) is 9.59 Å². The molecule has 5 nitrogen and oxygen atoms in total. The van der Waals surface area contributed by atoms with E-state index in [1.807, 2.05) is 94.4 Å². The fourth-order valence-corrected chi connectivity index (χ4v) is 3.97. The van der Waals surface area contributed by atoms with Crippen LogP contribution in [0.1, 0.15) is 36.1 Å². The Morgan fingerprint density at radius 1 is 0.943 bits per heavy atom. The Hall–Kier alpha value is -3.31. The monoisotopic (exact) mass is 492 g/mol. The number of hydrogen-bond acceptors (Lipinski definition) is 3. The second kappa shape index (κ2) is 12.4. The number of halogens is 1. The van der Waals surface area contributed by atoms with Gasteiger partial charge in [0.25, 0.3) is 5.91 Å². The number of nitrogens with one attached hydrogen (secondary N) is 1. The van der Waals surface area contributed by atoms with E-state index in [1.54, 1.807) is 11.0 Å². The molecule has 0 aliphatic rings. The van der Waals surface area contributed by atoms with Gasteiger partial charge in [0, 0.05) is 24.0 Å². The van der Waals surface area contributed by atoms with Crippen LogP contribution in [0, 0.1) is 13.8 Å². The molecule has 0 saturated carbocycles. The van der Waals surface area contributed by atoms with E-state index in [0.717, 1.165) is 22.3 Å². The van der Waals surface area contributed by atoms with Gasteiger partial charge in [0.1, 0.15) is 11.8 Å². The predicted octanol–water partition coefficient (Wildman–Crippen LogP) is 5.50. The van der Waals surface area contributed by atoms with E-state index in [4.69, 9.17) is 16.3 Å². The van der Waals surface area contributed by atoms with Crippen LogP contribution in [0.3, 0.4) is 0 Å². The lowest BCUT2D eigenvalue weighted by atomic mass is 10.0. The summed E-state index contributed by atoms with van der Waals surface area (Å²) < 4.78 is 5.86. The minimum Gasteiger partial charge on any atom is -0.484 e. The quantitative estimate of drug-likeness (QED) is 0.406. The number of hydrogen-bond donors (Lipinski definition) is 1. The molecule has 0 saturated heterocycles. The first-order chi connectivity index (χ1) is 16.7. The minimum atomic E-state index is -0.730. The Bertz CT molecular complexity index is 1150. The third kappa shape index (κ3) is 7.59. The molecule has 1 N–H and O–H groups in total. The molecule has 35 heavy (non-hydrogen) atoms. The molecule has 2 amide bonds. The van der Waals surface area contributed by atoms with E-state index in [2.05, 4.69) is 5.32 Å². The number of carbonyl (C=O) groups is 2. The SMILES string of the molecule is Cc1ccc(OCC(=O)N(Cc2ccccc2Cl)[C@@H](Cc2ccccc2)C(=O)NC(C)C)cc1C. The van der Waals surface area contributed by atoms with Crippen molar-refractivity contribution >= 4 is 23.4 Å². The van der Waals surface area contributed by atoms with E-state index in [-0.39, 0.29) is 31.0 Å². The largest absolute Gasteiger partial charge is 0.484 e. The van der Waals surface area contributed by atoms with Crippen LogP contribution >= 0.6 is 11.6 Å². The molecule has 184 valence electrons. The van der Waals surface area contributed by atoms with Gasteiger partial charge >= 0.3 is 0 Å². The molecule has 0 aromatic heterocycles. The van der Waals surface area contributed by atoms with Crippen molar-refractivity contribution in [3.63, 3.8) is 0 Å². The number of ether oxygens (including phenoxy) is 1. The van der Waals surface area contributed by atoms with E-state index in [0.29, 0.717) is 17.2 Å². The lowest BCUT2D eigenvalue weighted by Crippen LogP contribution is -2.52. The molecule has 0 radical (unpaired) electrons. The smallest absolute Gasteiger partial charge is 0.261 e. The van der Waals surface area contributed by atoms with Crippen molar-refractivity contribution in [3.05, 3.63) is 100 Å². The van der Waals surface area contributed by atoms with Crippen LogP contribution in [-0.2, 0) is 22.6 Å². The molecule has 1 atom stereocenters. The molecule has 0 aliphatic heterocycles. The van der Waals surface area contributed by atoms with Crippen molar-refractivity contribution in [1.82, 2.24) is 10.2 Å². The molecule has 0 aliphatic carbocycles. The van der Waals surface area contributed by atoms with Crippen LogP contribution in [0.5, 0.6) is 5.75 Å². The molecule has 6 heteroatoms. The average molecular weight is 493 g/mol. The molecule has 3 aromatic rings.